The predicted octanol–water partition coefficient (Wildman–Crippen LogP) is 3.14. The number of alkyl halides is 3. The molecule has 2 aliphatic rings. The molecule has 1 fully saturated rings. The van der Waals surface area contributed by atoms with Gasteiger partial charge in [0, 0.05) is 25.8 Å². The highest BCUT2D eigenvalue weighted by molar-refractivity contribution is 5.78. The first-order valence-electron chi connectivity index (χ1n) is 8.93. The minimum absolute atomic E-state index is 0.0388. The highest BCUT2D eigenvalue weighted by atomic mass is 19.4. The van der Waals surface area contributed by atoms with Crippen LogP contribution in [0.15, 0.2) is 6.07 Å². The maximum atomic E-state index is 13.6. The zero-order valence-electron chi connectivity index (χ0n) is 15.2. The van der Waals surface area contributed by atoms with Crippen LogP contribution in [0.3, 0.4) is 0 Å². The third-order valence-electron chi connectivity index (χ3n) is 5.23. The van der Waals surface area contributed by atoms with E-state index in [1.54, 1.807) is 11.0 Å². The quantitative estimate of drug-likeness (QED) is 0.880. The topological polar surface area (TPSA) is 59.4 Å². The number of nitrogens with one attached hydrogen (secondary N) is 1. The van der Waals surface area contributed by atoms with Gasteiger partial charge in [0.25, 0.3) is 0 Å². The molecule has 1 N–H and O–H groups in total. The zero-order valence-corrected chi connectivity index (χ0v) is 15.2. The van der Waals surface area contributed by atoms with Crippen LogP contribution in [0.4, 0.5) is 19.0 Å². The van der Waals surface area contributed by atoms with E-state index >= 15 is 0 Å². The van der Waals surface area contributed by atoms with Crippen molar-refractivity contribution in [3.8, 4) is 0 Å². The molecule has 1 unspecified atom stereocenters. The highest BCUT2D eigenvalue weighted by Crippen LogP contribution is 2.42. The molecule has 1 aromatic rings. The largest absolute Gasteiger partial charge is 0.410 e. The van der Waals surface area contributed by atoms with Gasteiger partial charge in [-0.05, 0) is 25.2 Å². The summed E-state index contributed by atoms with van der Waals surface area (Å²) in [6, 6.07) is -0.557. The van der Waals surface area contributed by atoms with E-state index in [4.69, 9.17) is 4.74 Å². The Bertz CT molecular complexity index is 659. The molecular weight excluding hydrogens is 349 g/mol. The number of likely N-dealkylation sites (tertiary alicyclic amines) is 1. The number of halogens is 3. The van der Waals surface area contributed by atoms with Gasteiger partial charge < -0.3 is 15.0 Å². The molecule has 0 bridgehead atoms. The van der Waals surface area contributed by atoms with Crippen LogP contribution in [0.1, 0.15) is 50.9 Å². The molecule has 9 heteroatoms. The molecule has 2 aliphatic heterocycles. The zero-order chi connectivity index (χ0) is 19.1. The van der Waals surface area contributed by atoms with E-state index in [1.165, 1.54) is 7.11 Å². The number of carbonyl (C=O) groups excluding carboxylic acids is 1. The Morgan fingerprint density at radius 1 is 1.46 bits per heavy atom. The fraction of sp³-hybridized carbons (Fsp3) is 0.765. The molecule has 1 amide bonds. The van der Waals surface area contributed by atoms with Crippen molar-refractivity contribution in [2.75, 3.05) is 25.6 Å². The second-order valence-corrected chi connectivity index (χ2v) is 7.37. The Hall–Kier alpha value is -1.77. The first kappa shape index (κ1) is 19.0. The average molecular weight is 374 g/mol. The minimum Gasteiger partial charge on any atom is -0.375 e. The predicted molar refractivity (Wildman–Crippen MR) is 89.7 cm³/mol. The number of hydrogen-bond donors (Lipinski definition) is 1. The second-order valence-electron chi connectivity index (χ2n) is 7.37. The number of amides is 1. The van der Waals surface area contributed by atoms with Crippen molar-refractivity contribution in [2.24, 2.45) is 5.92 Å². The Labute approximate surface area is 150 Å². The molecule has 0 saturated carbocycles. The molecule has 3 atom stereocenters. The number of nitrogens with zero attached hydrogens (tertiary/aromatic N) is 3. The van der Waals surface area contributed by atoms with Crippen molar-refractivity contribution in [3.05, 3.63) is 11.8 Å². The summed E-state index contributed by atoms with van der Waals surface area (Å²) in [4.78, 5) is 13.9. The first-order chi connectivity index (χ1) is 12.2. The van der Waals surface area contributed by atoms with Gasteiger partial charge >= 0.3 is 6.18 Å². The average Bonchev–Trinajstić information content (AvgIpc) is 3.19. The van der Waals surface area contributed by atoms with E-state index in [2.05, 4.69) is 10.4 Å². The number of aromatic nitrogens is 2. The van der Waals surface area contributed by atoms with Gasteiger partial charge in [0.15, 0.2) is 6.04 Å². The molecule has 1 saturated heterocycles. The Morgan fingerprint density at radius 3 is 2.81 bits per heavy atom. The summed E-state index contributed by atoms with van der Waals surface area (Å²) in [6.45, 7) is 4.34. The standard InChI is InChI=1S/C17H25F3N4O2/c1-10(2)11-7-14(17(18,19)20)24-15(21-11)8-12(22-24)13-5-4-6-23(13)16(25)9-26-3/h8,10-11,13-14,21H,4-7,9H2,1-3H3/t11-,13?,14+/m0/s1. The smallest absolute Gasteiger partial charge is 0.375 e. The van der Waals surface area contributed by atoms with E-state index in [9.17, 15) is 18.0 Å². The van der Waals surface area contributed by atoms with Crippen molar-refractivity contribution in [1.29, 1.82) is 0 Å². The summed E-state index contributed by atoms with van der Waals surface area (Å²) < 4.78 is 46.7. The molecule has 146 valence electrons. The fourth-order valence-corrected chi connectivity index (χ4v) is 3.80. The van der Waals surface area contributed by atoms with Gasteiger partial charge in [-0.1, -0.05) is 13.8 Å². The third kappa shape index (κ3) is 3.54. The number of methoxy groups -OCH3 is 1. The summed E-state index contributed by atoms with van der Waals surface area (Å²) in [5.41, 5.74) is 0.508. The van der Waals surface area contributed by atoms with Crippen LogP contribution in [0, 0.1) is 5.92 Å². The van der Waals surface area contributed by atoms with Gasteiger partial charge in [0.1, 0.15) is 12.4 Å². The lowest BCUT2D eigenvalue weighted by atomic mass is 9.94. The Kier molecular flexibility index (Phi) is 5.18. The molecular formula is C17H25F3N4O2. The molecule has 3 rings (SSSR count). The summed E-state index contributed by atoms with van der Waals surface area (Å²) in [6.07, 6.45) is -2.93. The highest BCUT2D eigenvalue weighted by Gasteiger charge is 2.47. The second kappa shape index (κ2) is 7.09. The molecule has 0 aliphatic carbocycles. The van der Waals surface area contributed by atoms with Crippen molar-refractivity contribution in [3.63, 3.8) is 0 Å². The van der Waals surface area contributed by atoms with E-state index in [0.717, 1.165) is 11.1 Å². The number of rotatable bonds is 4. The Morgan fingerprint density at radius 2 is 2.19 bits per heavy atom. The molecule has 6 nitrogen and oxygen atoms in total. The summed E-state index contributed by atoms with van der Waals surface area (Å²) in [5.74, 6) is 0.276. The van der Waals surface area contributed by atoms with E-state index in [1.807, 2.05) is 13.8 Å². The monoisotopic (exact) mass is 374 g/mol. The third-order valence-corrected chi connectivity index (χ3v) is 5.23. The van der Waals surface area contributed by atoms with Crippen LogP contribution in [-0.2, 0) is 9.53 Å². The van der Waals surface area contributed by atoms with Crippen LogP contribution < -0.4 is 5.32 Å². The number of ether oxygens (including phenoxy) is 1. The number of anilines is 1. The molecule has 0 spiro atoms. The van der Waals surface area contributed by atoms with Crippen molar-refractivity contribution in [1.82, 2.24) is 14.7 Å². The molecule has 26 heavy (non-hydrogen) atoms. The number of carbonyl (C=O) groups is 1. The van der Waals surface area contributed by atoms with Gasteiger partial charge in [-0.3, -0.25) is 4.79 Å². The first-order valence-corrected chi connectivity index (χ1v) is 8.93. The van der Waals surface area contributed by atoms with Crippen LogP contribution in [0.2, 0.25) is 0 Å². The maximum Gasteiger partial charge on any atom is 0.410 e. The number of hydrogen-bond acceptors (Lipinski definition) is 4. The SMILES string of the molecule is COCC(=O)N1CCCC1c1cc2n(n1)[C@@H](C(F)(F)F)C[C@@H](C(C)C)N2. The van der Waals surface area contributed by atoms with E-state index < -0.39 is 12.2 Å². The molecule has 0 aromatic carbocycles. The minimum atomic E-state index is -4.37. The molecule has 1 aromatic heterocycles. The molecule has 0 radical (unpaired) electrons. The van der Waals surface area contributed by atoms with Crippen molar-refractivity contribution >= 4 is 11.7 Å². The van der Waals surface area contributed by atoms with Crippen LogP contribution >= 0.6 is 0 Å². The lowest BCUT2D eigenvalue weighted by Crippen LogP contribution is -2.41. The van der Waals surface area contributed by atoms with Crippen LogP contribution in [0.5, 0.6) is 0 Å². The lowest BCUT2D eigenvalue weighted by Gasteiger charge is -2.35. The van der Waals surface area contributed by atoms with E-state index in [0.29, 0.717) is 24.5 Å². The maximum absolute atomic E-state index is 13.6. The van der Waals surface area contributed by atoms with Gasteiger partial charge in [0.05, 0.1) is 11.7 Å². The number of fused-ring (bicyclic) bond motifs is 1. The van der Waals surface area contributed by atoms with Gasteiger partial charge in [-0.2, -0.15) is 18.3 Å². The van der Waals surface area contributed by atoms with Crippen molar-refractivity contribution in [2.45, 2.75) is 57.4 Å². The van der Waals surface area contributed by atoms with E-state index in [-0.39, 0.29) is 36.9 Å². The fourth-order valence-electron chi connectivity index (χ4n) is 3.80. The summed E-state index contributed by atoms with van der Waals surface area (Å²) >= 11 is 0. The van der Waals surface area contributed by atoms with Crippen LogP contribution in [0.25, 0.3) is 0 Å². The lowest BCUT2D eigenvalue weighted by molar-refractivity contribution is -0.174. The Balaban J connectivity index is 1.92. The van der Waals surface area contributed by atoms with Gasteiger partial charge in [0.2, 0.25) is 5.91 Å². The summed E-state index contributed by atoms with van der Waals surface area (Å²) in [7, 11) is 1.45. The van der Waals surface area contributed by atoms with Gasteiger partial charge in [-0.15, -0.1) is 0 Å². The summed E-state index contributed by atoms with van der Waals surface area (Å²) in [5, 5.41) is 7.45. The molecule has 3 heterocycles. The van der Waals surface area contributed by atoms with Crippen molar-refractivity contribution < 1.29 is 22.7 Å². The normalized spacial score (nSPS) is 26.1. The van der Waals surface area contributed by atoms with Gasteiger partial charge in [-0.25, -0.2) is 4.68 Å². The van der Waals surface area contributed by atoms with Crippen LogP contribution in [-0.4, -0.2) is 53.1 Å².